The number of nitrogens with zero attached hydrogens (tertiary/aromatic N) is 1. The van der Waals surface area contributed by atoms with Gasteiger partial charge in [-0.3, -0.25) is 0 Å². The van der Waals surface area contributed by atoms with Crippen molar-refractivity contribution in [2.75, 3.05) is 13.7 Å². The minimum absolute atomic E-state index is 0.659. The summed E-state index contributed by atoms with van der Waals surface area (Å²) in [5, 5.41) is 0.659. The summed E-state index contributed by atoms with van der Waals surface area (Å²) < 4.78 is 5.81. The Balaban J connectivity index is 5.34. The Labute approximate surface area is 127 Å². The fourth-order valence-corrected chi connectivity index (χ4v) is 1.58. The average molecular weight is 302 g/mol. The van der Waals surface area contributed by atoms with Crippen LogP contribution < -0.4 is 0 Å². The Bertz CT molecular complexity index is 361. The van der Waals surface area contributed by atoms with Crippen molar-refractivity contribution in [1.29, 1.82) is 0 Å². The van der Waals surface area contributed by atoms with Crippen molar-refractivity contribution < 1.29 is 4.74 Å². The first-order valence-corrected chi connectivity index (χ1v) is 7.50. The van der Waals surface area contributed by atoms with Gasteiger partial charge in [-0.15, -0.1) is 0 Å². The number of allylic oxidation sites excluding steroid dienone is 4. The van der Waals surface area contributed by atoms with Crippen LogP contribution in [0.1, 0.15) is 40.0 Å². The molecule has 0 heterocycles. The van der Waals surface area contributed by atoms with Gasteiger partial charge in [-0.05, 0) is 19.8 Å². The van der Waals surface area contributed by atoms with E-state index in [1.807, 2.05) is 31.0 Å². The van der Waals surface area contributed by atoms with Gasteiger partial charge in [0.25, 0.3) is 0 Å². The number of unbranched alkanes of at least 4 members (excludes halogenated alkanes) is 1. The standard InChI is InChI=1S/C15H24ClNOS/c1-5-8-9-14(17(4)12-19)15(18-10-6-2)11-13(16)7-3/h7,9,11-12H,5-6,8,10H2,1-4H3/b13-7+,14-9-,15-11+. The molecule has 2 nitrogen and oxygen atoms in total. The van der Waals surface area contributed by atoms with Gasteiger partial charge in [-0.2, -0.15) is 0 Å². The van der Waals surface area contributed by atoms with Gasteiger partial charge in [-0.1, -0.05) is 56.2 Å². The fourth-order valence-electron chi connectivity index (χ4n) is 1.37. The molecule has 108 valence electrons. The van der Waals surface area contributed by atoms with Crippen LogP contribution >= 0.6 is 23.8 Å². The predicted octanol–water partition coefficient (Wildman–Crippen LogP) is 5.01. The second-order valence-corrected chi connectivity index (χ2v) is 4.77. The summed E-state index contributed by atoms with van der Waals surface area (Å²) in [5.41, 5.74) is 2.57. The Morgan fingerprint density at radius 2 is 2.00 bits per heavy atom. The number of hydrogen-bond acceptors (Lipinski definition) is 2. The molecule has 0 rings (SSSR count). The minimum Gasteiger partial charge on any atom is -0.491 e. The highest BCUT2D eigenvalue weighted by Crippen LogP contribution is 2.20. The molecule has 0 aliphatic heterocycles. The van der Waals surface area contributed by atoms with Gasteiger partial charge < -0.3 is 9.64 Å². The lowest BCUT2D eigenvalue weighted by molar-refractivity contribution is 0.211. The molecular weight excluding hydrogens is 278 g/mol. The highest BCUT2D eigenvalue weighted by Gasteiger charge is 2.10. The van der Waals surface area contributed by atoms with Crippen LogP contribution in [0.3, 0.4) is 0 Å². The van der Waals surface area contributed by atoms with Crippen LogP contribution in [0.2, 0.25) is 0 Å². The fraction of sp³-hybridized carbons (Fsp3) is 0.533. The lowest BCUT2D eigenvalue weighted by Gasteiger charge is -2.21. The molecule has 0 fully saturated rings. The summed E-state index contributed by atoms with van der Waals surface area (Å²) >= 11 is 11.1. The molecule has 0 saturated carbocycles. The molecule has 0 aliphatic rings. The second kappa shape index (κ2) is 11.1. The normalized spacial score (nSPS) is 13.4. The Kier molecular flexibility index (Phi) is 10.6. The minimum atomic E-state index is 0.659. The van der Waals surface area contributed by atoms with Crippen molar-refractivity contribution in [3.05, 3.63) is 34.7 Å². The van der Waals surface area contributed by atoms with Gasteiger partial charge in [0, 0.05) is 18.2 Å². The van der Waals surface area contributed by atoms with E-state index >= 15 is 0 Å². The van der Waals surface area contributed by atoms with E-state index in [1.165, 1.54) is 0 Å². The van der Waals surface area contributed by atoms with Gasteiger partial charge in [0.05, 0.1) is 17.8 Å². The first-order chi connectivity index (χ1) is 9.10. The molecule has 0 unspecified atom stereocenters. The van der Waals surface area contributed by atoms with Crippen molar-refractivity contribution in [3.8, 4) is 0 Å². The number of thiocarbonyl (C=S) groups is 1. The van der Waals surface area contributed by atoms with Crippen LogP contribution in [-0.4, -0.2) is 24.0 Å². The number of halogens is 1. The van der Waals surface area contributed by atoms with E-state index in [2.05, 4.69) is 19.9 Å². The Hall–Kier alpha value is -0.800. The third kappa shape index (κ3) is 7.38. The zero-order chi connectivity index (χ0) is 14.7. The highest BCUT2D eigenvalue weighted by atomic mass is 35.5. The van der Waals surface area contributed by atoms with Gasteiger partial charge >= 0.3 is 0 Å². The summed E-state index contributed by atoms with van der Waals surface area (Å²) in [5.74, 6) is 0.766. The lowest BCUT2D eigenvalue weighted by Crippen LogP contribution is -2.17. The summed E-state index contributed by atoms with van der Waals surface area (Å²) in [6, 6.07) is 0. The van der Waals surface area contributed by atoms with Crippen molar-refractivity contribution in [3.63, 3.8) is 0 Å². The Morgan fingerprint density at radius 1 is 1.32 bits per heavy atom. The van der Waals surface area contributed by atoms with Gasteiger partial charge in [0.1, 0.15) is 5.76 Å². The molecule has 0 saturated heterocycles. The lowest BCUT2D eigenvalue weighted by atomic mass is 10.2. The maximum Gasteiger partial charge on any atom is 0.144 e. The molecule has 0 atom stereocenters. The van der Waals surface area contributed by atoms with Gasteiger partial charge in [0.15, 0.2) is 0 Å². The molecule has 0 spiro atoms. The van der Waals surface area contributed by atoms with Gasteiger partial charge in [-0.25, -0.2) is 0 Å². The van der Waals surface area contributed by atoms with E-state index in [-0.39, 0.29) is 0 Å². The molecule has 0 aromatic heterocycles. The van der Waals surface area contributed by atoms with Crippen molar-refractivity contribution in [1.82, 2.24) is 4.90 Å². The molecule has 0 amide bonds. The summed E-state index contributed by atoms with van der Waals surface area (Å²) in [7, 11) is 1.92. The zero-order valence-corrected chi connectivity index (χ0v) is 13.9. The molecule has 0 aromatic carbocycles. The summed E-state index contributed by atoms with van der Waals surface area (Å²) in [4.78, 5) is 1.88. The third-order valence-corrected chi connectivity index (χ3v) is 3.07. The topological polar surface area (TPSA) is 12.5 Å². The SMILES string of the molecule is C\C=C(Cl)/C=C(OCCC)\C(=C\CCC)N(C)C=S. The maximum absolute atomic E-state index is 6.09. The second-order valence-electron chi connectivity index (χ2n) is 4.12. The van der Waals surface area contributed by atoms with E-state index in [0.29, 0.717) is 11.6 Å². The first-order valence-electron chi connectivity index (χ1n) is 6.65. The largest absolute Gasteiger partial charge is 0.491 e. The van der Waals surface area contributed by atoms with E-state index < -0.39 is 0 Å². The zero-order valence-electron chi connectivity index (χ0n) is 12.3. The molecule has 0 aliphatic carbocycles. The molecule has 4 heteroatoms. The predicted molar refractivity (Wildman–Crippen MR) is 88.3 cm³/mol. The number of likely N-dealkylation sites (N-methyl/N-ethyl adjacent to an activating group) is 1. The Morgan fingerprint density at radius 3 is 2.47 bits per heavy atom. The molecule has 0 radical (unpaired) electrons. The van der Waals surface area contributed by atoms with E-state index in [1.54, 1.807) is 5.49 Å². The van der Waals surface area contributed by atoms with Crippen LogP contribution in [0.25, 0.3) is 0 Å². The van der Waals surface area contributed by atoms with Crippen molar-refractivity contribution in [2.45, 2.75) is 40.0 Å². The third-order valence-electron chi connectivity index (χ3n) is 2.42. The monoisotopic (exact) mass is 301 g/mol. The molecule has 19 heavy (non-hydrogen) atoms. The van der Waals surface area contributed by atoms with Crippen LogP contribution in [0, 0.1) is 0 Å². The first kappa shape index (κ1) is 18.2. The average Bonchev–Trinajstić information content (AvgIpc) is 2.43. The highest BCUT2D eigenvalue weighted by molar-refractivity contribution is 7.78. The maximum atomic E-state index is 6.09. The van der Waals surface area contributed by atoms with E-state index in [4.69, 9.17) is 28.6 Å². The number of hydrogen-bond donors (Lipinski definition) is 0. The quantitative estimate of drug-likeness (QED) is 0.337. The molecule has 0 aromatic rings. The van der Waals surface area contributed by atoms with E-state index in [0.717, 1.165) is 30.7 Å². The van der Waals surface area contributed by atoms with Gasteiger partial charge in [0.2, 0.25) is 0 Å². The summed E-state index contributed by atoms with van der Waals surface area (Å²) in [6.07, 6.45) is 8.81. The molecular formula is C15H24ClNOS. The number of rotatable bonds is 9. The van der Waals surface area contributed by atoms with Crippen molar-refractivity contribution in [2.24, 2.45) is 0 Å². The van der Waals surface area contributed by atoms with Crippen LogP contribution in [-0.2, 0) is 4.74 Å². The van der Waals surface area contributed by atoms with Crippen LogP contribution in [0.5, 0.6) is 0 Å². The molecule has 0 N–H and O–H groups in total. The van der Waals surface area contributed by atoms with Crippen LogP contribution in [0.15, 0.2) is 34.7 Å². The number of ether oxygens (including phenoxy) is 1. The van der Waals surface area contributed by atoms with Crippen molar-refractivity contribution >= 4 is 29.3 Å². The smallest absolute Gasteiger partial charge is 0.144 e. The molecule has 0 bridgehead atoms. The van der Waals surface area contributed by atoms with E-state index in [9.17, 15) is 0 Å². The summed E-state index contributed by atoms with van der Waals surface area (Å²) in [6.45, 7) is 6.77. The van der Waals surface area contributed by atoms with Crippen LogP contribution in [0.4, 0.5) is 0 Å².